The smallest absolute Gasteiger partial charge is 0.204 e. The minimum Gasteiger partial charge on any atom is -0.370 e. The number of quaternary nitrogens is 1. The highest BCUT2D eigenvalue weighted by Crippen LogP contribution is 2.20. The van der Waals surface area contributed by atoms with Crippen molar-refractivity contribution in [2.75, 3.05) is 38.2 Å². The van der Waals surface area contributed by atoms with Crippen LogP contribution < -0.4 is 10.2 Å². The first-order chi connectivity index (χ1) is 11.9. The molecule has 0 bridgehead atoms. The summed E-state index contributed by atoms with van der Waals surface area (Å²) in [6.07, 6.45) is 0. The Morgan fingerprint density at radius 3 is 2.88 bits per heavy atom. The number of para-hydroxylation sites is 2. The number of nitrogens with one attached hydrogen (secondary N) is 2. The number of thiophene rings is 1. The second-order valence-electron chi connectivity index (χ2n) is 6.12. The molecule has 2 aromatic heterocycles. The largest absolute Gasteiger partial charge is 0.370 e. The van der Waals surface area contributed by atoms with Gasteiger partial charge in [-0.1, -0.05) is 18.2 Å². The lowest BCUT2D eigenvalue weighted by Gasteiger charge is -2.24. The van der Waals surface area contributed by atoms with E-state index in [1.54, 1.807) is 16.2 Å². The molecule has 1 aromatic carbocycles. The first-order valence-corrected chi connectivity index (χ1v) is 9.41. The van der Waals surface area contributed by atoms with Gasteiger partial charge in [-0.2, -0.15) is 0 Å². The van der Waals surface area contributed by atoms with Crippen LogP contribution in [0.1, 0.15) is 4.88 Å². The molecule has 0 unspecified atom stereocenters. The molecular formula is C18H23N4OS+. The molecule has 2 N–H and O–H groups in total. The predicted octanol–water partition coefficient (Wildman–Crippen LogP) is 1.62. The predicted molar refractivity (Wildman–Crippen MR) is 97.8 cm³/mol. The van der Waals surface area contributed by atoms with E-state index in [9.17, 15) is 0 Å². The van der Waals surface area contributed by atoms with Crippen LogP contribution in [0.3, 0.4) is 0 Å². The van der Waals surface area contributed by atoms with Crippen LogP contribution in [-0.2, 0) is 17.8 Å². The highest BCUT2D eigenvalue weighted by molar-refractivity contribution is 7.09. The van der Waals surface area contributed by atoms with Crippen molar-refractivity contribution in [3.05, 3.63) is 46.7 Å². The average molecular weight is 343 g/mol. The maximum atomic E-state index is 5.46. The van der Waals surface area contributed by atoms with E-state index in [2.05, 4.69) is 51.7 Å². The summed E-state index contributed by atoms with van der Waals surface area (Å²) in [6.45, 7) is 6.87. The van der Waals surface area contributed by atoms with Crippen molar-refractivity contribution in [2.45, 2.75) is 13.1 Å². The molecule has 0 atom stereocenters. The summed E-state index contributed by atoms with van der Waals surface area (Å²) in [6, 6.07) is 12.6. The van der Waals surface area contributed by atoms with Crippen molar-refractivity contribution in [1.82, 2.24) is 9.55 Å². The molecule has 4 rings (SSSR count). The van der Waals surface area contributed by atoms with Gasteiger partial charge in [0.05, 0.1) is 43.9 Å². The van der Waals surface area contributed by atoms with E-state index in [0.717, 1.165) is 57.4 Å². The molecule has 0 spiro atoms. The number of hydrogen-bond acceptors (Lipinski definition) is 4. The third kappa shape index (κ3) is 3.45. The highest BCUT2D eigenvalue weighted by atomic mass is 32.1. The fourth-order valence-electron chi connectivity index (χ4n) is 3.20. The SMILES string of the molecule is c1csc(CNc2nc3ccccc3n2CC[NH+]2CCOCC2)c1. The topological polar surface area (TPSA) is 43.5 Å². The van der Waals surface area contributed by atoms with Crippen molar-refractivity contribution in [3.63, 3.8) is 0 Å². The average Bonchev–Trinajstić information content (AvgIpc) is 3.26. The quantitative estimate of drug-likeness (QED) is 0.715. The number of benzene rings is 1. The number of fused-ring (bicyclic) bond motifs is 1. The molecular weight excluding hydrogens is 320 g/mol. The van der Waals surface area contributed by atoms with Gasteiger partial charge in [-0.25, -0.2) is 4.98 Å². The summed E-state index contributed by atoms with van der Waals surface area (Å²) in [7, 11) is 0. The second kappa shape index (κ2) is 7.34. The Kier molecular flexibility index (Phi) is 4.78. The van der Waals surface area contributed by atoms with E-state index < -0.39 is 0 Å². The molecule has 1 fully saturated rings. The van der Waals surface area contributed by atoms with E-state index in [1.807, 2.05) is 0 Å². The summed E-state index contributed by atoms with van der Waals surface area (Å²) < 4.78 is 7.78. The highest BCUT2D eigenvalue weighted by Gasteiger charge is 2.16. The van der Waals surface area contributed by atoms with E-state index in [1.165, 1.54) is 10.4 Å². The molecule has 1 aliphatic rings. The number of ether oxygens (including phenoxy) is 1. The van der Waals surface area contributed by atoms with Crippen molar-refractivity contribution < 1.29 is 9.64 Å². The molecule has 0 saturated carbocycles. The zero-order valence-corrected chi connectivity index (χ0v) is 14.5. The maximum Gasteiger partial charge on any atom is 0.204 e. The summed E-state index contributed by atoms with van der Waals surface area (Å²) in [5.74, 6) is 0.970. The lowest BCUT2D eigenvalue weighted by Crippen LogP contribution is -3.14. The Morgan fingerprint density at radius 2 is 2.04 bits per heavy atom. The molecule has 0 amide bonds. The Bertz CT molecular complexity index is 778. The van der Waals surface area contributed by atoms with Gasteiger partial charge in [-0.3, -0.25) is 0 Å². The van der Waals surface area contributed by atoms with Crippen molar-refractivity contribution in [2.24, 2.45) is 0 Å². The van der Waals surface area contributed by atoms with Gasteiger partial charge in [0.15, 0.2) is 0 Å². The van der Waals surface area contributed by atoms with Gasteiger partial charge in [-0.05, 0) is 23.6 Å². The zero-order valence-electron chi connectivity index (χ0n) is 13.7. The lowest BCUT2D eigenvalue weighted by molar-refractivity contribution is -0.908. The number of rotatable bonds is 6. The molecule has 0 aliphatic carbocycles. The second-order valence-corrected chi connectivity index (χ2v) is 7.15. The Labute approximate surface area is 145 Å². The summed E-state index contributed by atoms with van der Waals surface area (Å²) >= 11 is 1.77. The number of imidazole rings is 1. The van der Waals surface area contributed by atoms with Crippen LogP contribution in [0, 0.1) is 0 Å². The van der Waals surface area contributed by atoms with Gasteiger partial charge in [0, 0.05) is 4.88 Å². The molecule has 1 aliphatic heterocycles. The molecule has 6 heteroatoms. The molecule has 24 heavy (non-hydrogen) atoms. The monoisotopic (exact) mass is 343 g/mol. The number of nitrogens with zero attached hydrogens (tertiary/aromatic N) is 2. The number of anilines is 1. The van der Waals surface area contributed by atoms with Crippen molar-refractivity contribution >= 4 is 28.3 Å². The number of morpholine rings is 1. The molecule has 1 saturated heterocycles. The lowest BCUT2D eigenvalue weighted by atomic mass is 10.3. The first kappa shape index (κ1) is 15.6. The molecule has 3 aromatic rings. The molecule has 0 radical (unpaired) electrons. The fraction of sp³-hybridized carbons (Fsp3) is 0.389. The van der Waals surface area contributed by atoms with Crippen LogP contribution in [0.5, 0.6) is 0 Å². The van der Waals surface area contributed by atoms with Crippen LogP contribution in [0.4, 0.5) is 5.95 Å². The van der Waals surface area contributed by atoms with Gasteiger partial charge < -0.3 is 19.5 Å². The summed E-state index contributed by atoms with van der Waals surface area (Å²) in [4.78, 5) is 7.74. The van der Waals surface area contributed by atoms with E-state index in [0.29, 0.717) is 0 Å². The van der Waals surface area contributed by atoms with Gasteiger partial charge in [-0.15, -0.1) is 11.3 Å². The third-order valence-electron chi connectivity index (χ3n) is 4.54. The van der Waals surface area contributed by atoms with Crippen molar-refractivity contribution in [1.29, 1.82) is 0 Å². The van der Waals surface area contributed by atoms with Crippen LogP contribution in [-0.4, -0.2) is 42.4 Å². The van der Waals surface area contributed by atoms with E-state index in [4.69, 9.17) is 9.72 Å². The summed E-state index contributed by atoms with van der Waals surface area (Å²) in [5, 5.41) is 5.63. The van der Waals surface area contributed by atoms with Crippen LogP contribution in [0.2, 0.25) is 0 Å². The van der Waals surface area contributed by atoms with Gasteiger partial charge in [0.25, 0.3) is 0 Å². The van der Waals surface area contributed by atoms with Gasteiger partial charge in [0.2, 0.25) is 5.95 Å². The minimum absolute atomic E-state index is 0.825. The van der Waals surface area contributed by atoms with Crippen molar-refractivity contribution in [3.8, 4) is 0 Å². The van der Waals surface area contributed by atoms with Crippen LogP contribution in [0.25, 0.3) is 11.0 Å². The van der Waals surface area contributed by atoms with Crippen LogP contribution in [0.15, 0.2) is 41.8 Å². The standard InChI is InChI=1S/C18H22N4OS/c1-2-6-17-16(5-1)20-18(19-14-15-4-3-13-24-15)22(17)8-7-21-9-11-23-12-10-21/h1-6,13H,7-12,14H2,(H,19,20)/p+1. The Balaban J connectivity index is 1.53. The summed E-state index contributed by atoms with van der Waals surface area (Å²) in [5.41, 5.74) is 2.27. The number of hydrogen-bond donors (Lipinski definition) is 2. The fourth-order valence-corrected chi connectivity index (χ4v) is 3.84. The Hall–Kier alpha value is -1.89. The minimum atomic E-state index is 0.825. The van der Waals surface area contributed by atoms with E-state index in [-0.39, 0.29) is 0 Å². The molecule has 5 nitrogen and oxygen atoms in total. The zero-order chi connectivity index (χ0) is 16.2. The molecule has 126 valence electrons. The maximum absolute atomic E-state index is 5.46. The van der Waals surface area contributed by atoms with Gasteiger partial charge in [0.1, 0.15) is 13.1 Å². The molecule has 3 heterocycles. The normalized spacial score (nSPS) is 15.8. The van der Waals surface area contributed by atoms with Gasteiger partial charge >= 0.3 is 0 Å². The van der Waals surface area contributed by atoms with Crippen LogP contribution >= 0.6 is 11.3 Å². The third-order valence-corrected chi connectivity index (χ3v) is 5.42. The Morgan fingerprint density at radius 1 is 1.17 bits per heavy atom. The first-order valence-electron chi connectivity index (χ1n) is 8.53. The van der Waals surface area contributed by atoms with E-state index >= 15 is 0 Å². The number of aromatic nitrogens is 2.